The minimum atomic E-state index is -0.287. The number of fused-ring (bicyclic) bond motifs is 1. The topological polar surface area (TPSA) is 47.4 Å². The number of benzene rings is 1. The fourth-order valence-corrected chi connectivity index (χ4v) is 3.75. The van der Waals surface area contributed by atoms with E-state index in [9.17, 15) is 9.18 Å². The average Bonchev–Trinajstić information content (AvgIpc) is 3.36. The van der Waals surface area contributed by atoms with Gasteiger partial charge in [0.25, 0.3) is 0 Å². The first-order chi connectivity index (χ1) is 12.7. The van der Waals surface area contributed by atoms with Crippen LogP contribution in [0.5, 0.6) is 0 Å². The van der Waals surface area contributed by atoms with E-state index in [4.69, 9.17) is 4.74 Å². The third-order valence-electron chi connectivity index (χ3n) is 5.32. The fourth-order valence-electron chi connectivity index (χ4n) is 3.75. The Bertz CT molecular complexity index is 783. The van der Waals surface area contributed by atoms with Crippen LogP contribution in [0.4, 0.5) is 4.39 Å². The molecule has 138 valence electrons. The van der Waals surface area contributed by atoms with Gasteiger partial charge in [0, 0.05) is 20.2 Å². The van der Waals surface area contributed by atoms with Crippen LogP contribution in [0, 0.1) is 11.7 Å². The number of aromatic nitrogens is 2. The summed E-state index contributed by atoms with van der Waals surface area (Å²) in [5.74, 6) is 0.473. The molecule has 1 fully saturated rings. The van der Waals surface area contributed by atoms with Crippen LogP contribution >= 0.6 is 0 Å². The molecule has 1 aromatic carbocycles. The number of hydrogen-bond acceptors (Lipinski definition) is 3. The molecule has 0 saturated heterocycles. The molecule has 1 saturated carbocycles. The van der Waals surface area contributed by atoms with Crippen molar-refractivity contribution in [1.82, 2.24) is 14.7 Å². The molecule has 1 aliphatic carbocycles. The van der Waals surface area contributed by atoms with Gasteiger partial charge >= 0.3 is 0 Å². The number of ether oxygens (including phenoxy) is 1. The highest BCUT2D eigenvalue weighted by atomic mass is 19.1. The second-order valence-corrected chi connectivity index (χ2v) is 7.29. The van der Waals surface area contributed by atoms with E-state index in [2.05, 4.69) is 9.78 Å². The number of amides is 1. The highest BCUT2D eigenvalue weighted by molar-refractivity contribution is 5.79. The van der Waals surface area contributed by atoms with Crippen molar-refractivity contribution in [2.45, 2.75) is 38.3 Å². The van der Waals surface area contributed by atoms with Gasteiger partial charge in [-0.25, -0.2) is 4.39 Å². The third kappa shape index (κ3) is 3.51. The van der Waals surface area contributed by atoms with Crippen molar-refractivity contribution >= 4 is 5.91 Å². The molecule has 2 heterocycles. The SMILES string of the molecule is COC[C@H]1c2c(cnn2CC2CC2)CCN1C(=O)Cc1ccc(F)cc1. The van der Waals surface area contributed by atoms with Gasteiger partial charge in [-0.05, 0) is 48.4 Å². The molecule has 6 heteroatoms. The maximum absolute atomic E-state index is 13.1. The lowest BCUT2D eigenvalue weighted by atomic mass is 9.98. The van der Waals surface area contributed by atoms with E-state index < -0.39 is 0 Å². The Kier molecular flexibility index (Phi) is 4.76. The van der Waals surface area contributed by atoms with Gasteiger partial charge in [-0.2, -0.15) is 5.10 Å². The first-order valence-electron chi connectivity index (χ1n) is 9.23. The molecule has 1 atom stereocenters. The second kappa shape index (κ2) is 7.19. The Hall–Kier alpha value is -2.21. The molecule has 1 aliphatic heterocycles. The standard InChI is InChI=1S/C20H24FN3O2/c1-26-13-18-20-16(11-22-24(20)12-15-2-3-15)8-9-23(18)19(25)10-14-4-6-17(21)7-5-14/h4-7,11,15,18H,2-3,8-10,12-13H2,1H3/t18-/m0/s1. The monoisotopic (exact) mass is 357 g/mol. The van der Waals surface area contributed by atoms with E-state index in [-0.39, 0.29) is 24.2 Å². The molecule has 26 heavy (non-hydrogen) atoms. The number of nitrogens with zero attached hydrogens (tertiary/aromatic N) is 3. The van der Waals surface area contributed by atoms with Crippen LogP contribution in [0.25, 0.3) is 0 Å². The summed E-state index contributed by atoms with van der Waals surface area (Å²) >= 11 is 0. The number of hydrogen-bond donors (Lipinski definition) is 0. The zero-order valence-corrected chi connectivity index (χ0v) is 15.0. The van der Waals surface area contributed by atoms with Crippen LogP contribution in [-0.2, 0) is 28.9 Å². The molecule has 0 N–H and O–H groups in total. The molecule has 2 aromatic rings. The van der Waals surface area contributed by atoms with Gasteiger partial charge in [-0.1, -0.05) is 12.1 Å². The van der Waals surface area contributed by atoms with Crippen molar-refractivity contribution in [2.24, 2.45) is 5.92 Å². The zero-order chi connectivity index (χ0) is 18.1. The normalized spacial score (nSPS) is 19.5. The summed E-state index contributed by atoms with van der Waals surface area (Å²) in [7, 11) is 1.67. The minimum Gasteiger partial charge on any atom is -0.382 e. The molecule has 0 radical (unpaired) electrons. The van der Waals surface area contributed by atoms with Crippen LogP contribution in [-0.4, -0.2) is 40.8 Å². The highest BCUT2D eigenvalue weighted by Crippen LogP contribution is 2.35. The second-order valence-electron chi connectivity index (χ2n) is 7.29. The Morgan fingerprint density at radius 3 is 2.77 bits per heavy atom. The van der Waals surface area contributed by atoms with Crippen molar-refractivity contribution in [1.29, 1.82) is 0 Å². The summed E-state index contributed by atoms with van der Waals surface area (Å²) in [6.07, 6.45) is 5.55. The summed E-state index contributed by atoms with van der Waals surface area (Å²) in [5.41, 5.74) is 3.17. The number of rotatable bonds is 6. The van der Waals surface area contributed by atoms with E-state index in [0.717, 1.165) is 24.2 Å². The average molecular weight is 357 g/mol. The third-order valence-corrected chi connectivity index (χ3v) is 5.32. The molecular weight excluding hydrogens is 333 g/mol. The highest BCUT2D eigenvalue weighted by Gasteiger charge is 2.35. The van der Waals surface area contributed by atoms with Crippen LogP contribution < -0.4 is 0 Å². The van der Waals surface area contributed by atoms with Crippen LogP contribution in [0.3, 0.4) is 0 Å². The van der Waals surface area contributed by atoms with E-state index in [1.807, 2.05) is 11.1 Å². The van der Waals surface area contributed by atoms with E-state index in [1.54, 1.807) is 19.2 Å². The van der Waals surface area contributed by atoms with Gasteiger partial charge in [0.1, 0.15) is 5.82 Å². The Morgan fingerprint density at radius 1 is 1.31 bits per heavy atom. The van der Waals surface area contributed by atoms with Gasteiger partial charge in [0.2, 0.25) is 5.91 Å². The van der Waals surface area contributed by atoms with Crippen LogP contribution in [0.15, 0.2) is 30.5 Å². The lowest BCUT2D eigenvalue weighted by Gasteiger charge is -2.36. The van der Waals surface area contributed by atoms with E-state index in [0.29, 0.717) is 19.1 Å². The quantitative estimate of drug-likeness (QED) is 0.799. The number of carbonyl (C=O) groups excluding carboxylic acids is 1. The van der Waals surface area contributed by atoms with Crippen molar-refractivity contribution in [3.8, 4) is 0 Å². The van der Waals surface area contributed by atoms with E-state index >= 15 is 0 Å². The summed E-state index contributed by atoms with van der Waals surface area (Å²) in [5, 5.41) is 4.58. The molecule has 2 aliphatic rings. The maximum Gasteiger partial charge on any atom is 0.227 e. The molecule has 4 rings (SSSR count). The predicted octanol–water partition coefficient (Wildman–Crippen LogP) is 2.75. The molecule has 5 nitrogen and oxygen atoms in total. The first kappa shape index (κ1) is 17.2. The summed E-state index contributed by atoms with van der Waals surface area (Å²) < 4.78 is 20.6. The Labute approximate surface area is 152 Å². The maximum atomic E-state index is 13.1. The van der Waals surface area contributed by atoms with Crippen molar-refractivity contribution in [2.75, 3.05) is 20.3 Å². The molecular formula is C20H24FN3O2. The van der Waals surface area contributed by atoms with Gasteiger partial charge in [0.05, 0.1) is 31.0 Å². The Morgan fingerprint density at radius 2 is 2.08 bits per heavy atom. The van der Waals surface area contributed by atoms with Crippen molar-refractivity contribution < 1.29 is 13.9 Å². The summed E-state index contributed by atoms with van der Waals surface area (Å²) in [6.45, 7) is 2.05. The fraction of sp³-hybridized carbons (Fsp3) is 0.500. The number of halogens is 1. The minimum absolute atomic E-state index is 0.0449. The van der Waals surface area contributed by atoms with Crippen molar-refractivity contribution in [3.63, 3.8) is 0 Å². The summed E-state index contributed by atoms with van der Waals surface area (Å²) in [6, 6.07) is 6.02. The number of methoxy groups -OCH3 is 1. The first-order valence-corrected chi connectivity index (χ1v) is 9.23. The zero-order valence-electron chi connectivity index (χ0n) is 15.0. The Balaban J connectivity index is 1.56. The lowest BCUT2D eigenvalue weighted by Crippen LogP contribution is -2.43. The van der Waals surface area contributed by atoms with Crippen LogP contribution in [0.1, 0.15) is 35.7 Å². The largest absolute Gasteiger partial charge is 0.382 e. The molecule has 1 aromatic heterocycles. The van der Waals surface area contributed by atoms with Gasteiger partial charge in [-0.3, -0.25) is 9.48 Å². The van der Waals surface area contributed by atoms with Gasteiger partial charge < -0.3 is 9.64 Å². The predicted molar refractivity (Wildman–Crippen MR) is 95.1 cm³/mol. The molecule has 0 bridgehead atoms. The molecule has 0 unspecified atom stereocenters. The van der Waals surface area contributed by atoms with Gasteiger partial charge in [-0.15, -0.1) is 0 Å². The van der Waals surface area contributed by atoms with Crippen molar-refractivity contribution in [3.05, 3.63) is 53.1 Å². The lowest BCUT2D eigenvalue weighted by molar-refractivity contribution is -0.134. The summed E-state index contributed by atoms with van der Waals surface area (Å²) in [4.78, 5) is 14.9. The van der Waals surface area contributed by atoms with Gasteiger partial charge in [0.15, 0.2) is 0 Å². The smallest absolute Gasteiger partial charge is 0.227 e. The molecule has 0 spiro atoms. The number of carbonyl (C=O) groups is 1. The molecule has 1 amide bonds. The van der Waals surface area contributed by atoms with E-state index in [1.165, 1.54) is 30.5 Å². The van der Waals surface area contributed by atoms with Crippen LogP contribution in [0.2, 0.25) is 0 Å².